The Morgan fingerprint density at radius 1 is 1.39 bits per heavy atom. The second kappa shape index (κ2) is 5.97. The smallest absolute Gasteiger partial charge is 0.241 e. The maximum Gasteiger partial charge on any atom is 0.241 e. The number of rotatable bonds is 4. The van der Waals surface area contributed by atoms with Gasteiger partial charge in [0, 0.05) is 12.1 Å². The number of sulfonamides is 1. The third-order valence-corrected chi connectivity index (χ3v) is 4.07. The van der Waals surface area contributed by atoms with Crippen LogP contribution in [0.3, 0.4) is 0 Å². The highest BCUT2D eigenvalue weighted by molar-refractivity contribution is 7.89. The highest BCUT2D eigenvalue weighted by atomic mass is 35.5. The van der Waals surface area contributed by atoms with Gasteiger partial charge in [0.1, 0.15) is 5.82 Å². The number of aryl methyl sites for hydroxylation is 1. The first-order valence-corrected chi connectivity index (χ1v) is 6.66. The maximum atomic E-state index is 13.3. The van der Waals surface area contributed by atoms with E-state index in [1.807, 2.05) is 0 Å². The van der Waals surface area contributed by atoms with E-state index in [9.17, 15) is 12.8 Å². The van der Waals surface area contributed by atoms with Gasteiger partial charge in [0.05, 0.1) is 4.90 Å². The highest BCUT2D eigenvalue weighted by Crippen LogP contribution is 2.16. The minimum absolute atomic E-state index is 0. The summed E-state index contributed by atoms with van der Waals surface area (Å²) in [6.45, 7) is 5.05. The molecule has 0 heterocycles. The van der Waals surface area contributed by atoms with Gasteiger partial charge in [-0.1, -0.05) is 6.07 Å². The van der Waals surface area contributed by atoms with Crippen LogP contribution in [0.2, 0.25) is 0 Å². The summed E-state index contributed by atoms with van der Waals surface area (Å²) in [7, 11) is -3.74. The topological polar surface area (TPSA) is 72.2 Å². The van der Waals surface area contributed by atoms with Crippen molar-refractivity contribution in [2.75, 3.05) is 6.54 Å². The van der Waals surface area contributed by atoms with Crippen molar-refractivity contribution >= 4 is 22.4 Å². The van der Waals surface area contributed by atoms with E-state index in [0.717, 1.165) is 6.07 Å². The lowest BCUT2D eigenvalue weighted by atomic mass is 10.1. The molecule has 0 spiro atoms. The van der Waals surface area contributed by atoms with Gasteiger partial charge in [0.25, 0.3) is 0 Å². The van der Waals surface area contributed by atoms with Gasteiger partial charge >= 0.3 is 0 Å². The van der Waals surface area contributed by atoms with Crippen LogP contribution >= 0.6 is 12.4 Å². The molecule has 0 aromatic heterocycles. The molecule has 18 heavy (non-hydrogen) atoms. The summed E-state index contributed by atoms with van der Waals surface area (Å²) in [6, 6.07) is 3.80. The summed E-state index contributed by atoms with van der Waals surface area (Å²) < 4.78 is 39.6. The molecule has 0 aliphatic carbocycles. The summed E-state index contributed by atoms with van der Waals surface area (Å²) in [6.07, 6.45) is 0. The molecule has 3 N–H and O–H groups in total. The van der Waals surface area contributed by atoms with Gasteiger partial charge in [-0.05, 0) is 38.5 Å². The standard InChI is InChI=1S/C11H17FN2O2S.ClH/c1-8-4-5-9(6-10(8)12)17(15,16)14-11(2,3)7-13;/h4-6,14H,7,13H2,1-3H3;1H. The fourth-order valence-electron chi connectivity index (χ4n) is 1.21. The third kappa shape index (κ3) is 4.20. The van der Waals surface area contributed by atoms with Gasteiger partial charge in [-0.15, -0.1) is 12.4 Å². The molecule has 104 valence electrons. The predicted octanol–water partition coefficient (Wildman–Crippen LogP) is 1.57. The minimum Gasteiger partial charge on any atom is -0.329 e. The van der Waals surface area contributed by atoms with Crippen molar-refractivity contribution in [2.45, 2.75) is 31.2 Å². The van der Waals surface area contributed by atoms with E-state index in [0.29, 0.717) is 5.56 Å². The molecule has 0 aliphatic heterocycles. The van der Waals surface area contributed by atoms with Gasteiger partial charge < -0.3 is 5.73 Å². The fourth-order valence-corrected chi connectivity index (χ4v) is 2.64. The van der Waals surface area contributed by atoms with Crippen molar-refractivity contribution < 1.29 is 12.8 Å². The van der Waals surface area contributed by atoms with Crippen molar-refractivity contribution in [2.24, 2.45) is 5.73 Å². The largest absolute Gasteiger partial charge is 0.329 e. The van der Waals surface area contributed by atoms with Gasteiger partial charge in [-0.2, -0.15) is 0 Å². The molecule has 0 unspecified atom stereocenters. The molecule has 1 aromatic rings. The first-order chi connectivity index (χ1) is 7.68. The molecule has 0 amide bonds. The molecular weight excluding hydrogens is 279 g/mol. The van der Waals surface area contributed by atoms with E-state index in [4.69, 9.17) is 5.73 Å². The Bertz CT molecular complexity index is 518. The number of hydrogen-bond acceptors (Lipinski definition) is 3. The lowest BCUT2D eigenvalue weighted by Crippen LogP contribution is -2.48. The fraction of sp³-hybridized carbons (Fsp3) is 0.455. The lowest BCUT2D eigenvalue weighted by Gasteiger charge is -2.23. The zero-order valence-electron chi connectivity index (χ0n) is 10.5. The van der Waals surface area contributed by atoms with Crippen molar-refractivity contribution in [3.63, 3.8) is 0 Å². The second-order valence-corrected chi connectivity index (χ2v) is 6.29. The average molecular weight is 297 g/mol. The zero-order chi connectivity index (χ0) is 13.3. The summed E-state index contributed by atoms with van der Waals surface area (Å²) in [5, 5.41) is 0. The Hall–Kier alpha value is -0.690. The number of nitrogens with two attached hydrogens (primary N) is 1. The summed E-state index contributed by atoms with van der Waals surface area (Å²) >= 11 is 0. The van der Waals surface area contributed by atoms with E-state index in [1.54, 1.807) is 20.8 Å². The number of halogens is 2. The average Bonchev–Trinajstić information content (AvgIpc) is 2.20. The first kappa shape index (κ1) is 17.3. The van der Waals surface area contributed by atoms with Crippen LogP contribution in [-0.4, -0.2) is 20.5 Å². The second-order valence-electron chi connectivity index (χ2n) is 4.60. The molecule has 0 aliphatic rings. The van der Waals surface area contributed by atoms with E-state index in [1.165, 1.54) is 12.1 Å². The number of hydrogen-bond donors (Lipinski definition) is 2. The zero-order valence-corrected chi connectivity index (χ0v) is 12.2. The van der Waals surface area contributed by atoms with Crippen LogP contribution in [0.1, 0.15) is 19.4 Å². The SMILES string of the molecule is Cc1ccc(S(=O)(=O)NC(C)(C)CN)cc1F.Cl. The molecule has 0 bridgehead atoms. The van der Waals surface area contributed by atoms with Crippen molar-refractivity contribution in [3.05, 3.63) is 29.6 Å². The van der Waals surface area contributed by atoms with Gasteiger partial charge in [-0.25, -0.2) is 17.5 Å². The molecule has 0 saturated heterocycles. The monoisotopic (exact) mass is 296 g/mol. The number of benzene rings is 1. The van der Waals surface area contributed by atoms with Crippen molar-refractivity contribution in [1.82, 2.24) is 4.72 Å². The molecule has 4 nitrogen and oxygen atoms in total. The van der Waals surface area contributed by atoms with Crippen LogP contribution in [0.25, 0.3) is 0 Å². The Balaban J connectivity index is 0.00000289. The normalized spacial score (nSPS) is 12.1. The van der Waals surface area contributed by atoms with E-state index in [2.05, 4.69) is 4.72 Å². The summed E-state index contributed by atoms with van der Waals surface area (Å²) in [5.41, 5.74) is 5.09. The predicted molar refractivity (Wildman–Crippen MR) is 71.8 cm³/mol. The van der Waals surface area contributed by atoms with E-state index in [-0.39, 0.29) is 23.8 Å². The summed E-state index contributed by atoms with van der Waals surface area (Å²) in [4.78, 5) is -0.0953. The molecule has 1 rings (SSSR count). The van der Waals surface area contributed by atoms with Crippen molar-refractivity contribution in [3.8, 4) is 0 Å². The molecule has 0 radical (unpaired) electrons. The molecule has 0 atom stereocenters. The van der Waals surface area contributed by atoms with Gasteiger partial charge in [0.2, 0.25) is 10.0 Å². The van der Waals surface area contributed by atoms with Crippen LogP contribution in [0, 0.1) is 12.7 Å². The van der Waals surface area contributed by atoms with Crippen LogP contribution in [0.4, 0.5) is 4.39 Å². The van der Waals surface area contributed by atoms with E-state index < -0.39 is 21.4 Å². The Kier molecular flexibility index (Phi) is 5.74. The molecule has 0 saturated carbocycles. The van der Waals surface area contributed by atoms with Crippen LogP contribution in [0.5, 0.6) is 0 Å². The summed E-state index contributed by atoms with van der Waals surface area (Å²) in [5.74, 6) is -0.543. The Morgan fingerprint density at radius 2 is 1.94 bits per heavy atom. The number of nitrogens with one attached hydrogen (secondary N) is 1. The lowest BCUT2D eigenvalue weighted by molar-refractivity contribution is 0.462. The molecule has 7 heteroatoms. The quantitative estimate of drug-likeness (QED) is 0.886. The molecule has 0 fully saturated rings. The first-order valence-electron chi connectivity index (χ1n) is 5.18. The Morgan fingerprint density at radius 3 is 2.39 bits per heavy atom. The molecule has 1 aromatic carbocycles. The van der Waals surface area contributed by atoms with E-state index >= 15 is 0 Å². The van der Waals surface area contributed by atoms with Gasteiger partial charge in [-0.3, -0.25) is 0 Å². The van der Waals surface area contributed by atoms with Crippen LogP contribution in [0.15, 0.2) is 23.1 Å². The van der Waals surface area contributed by atoms with Crippen LogP contribution in [-0.2, 0) is 10.0 Å². The molecular formula is C11H18ClFN2O2S. The maximum absolute atomic E-state index is 13.3. The Labute approximate surface area is 113 Å². The third-order valence-electron chi connectivity index (χ3n) is 2.37. The van der Waals surface area contributed by atoms with Gasteiger partial charge in [0.15, 0.2) is 0 Å². The highest BCUT2D eigenvalue weighted by Gasteiger charge is 2.25. The van der Waals surface area contributed by atoms with Crippen molar-refractivity contribution in [1.29, 1.82) is 0 Å². The minimum atomic E-state index is -3.74. The van der Waals surface area contributed by atoms with Crippen LogP contribution < -0.4 is 10.5 Å².